The fourth-order valence-corrected chi connectivity index (χ4v) is 1.41. The molecule has 2 heteroatoms. The van der Waals surface area contributed by atoms with Crippen molar-refractivity contribution in [2.75, 3.05) is 0 Å². The van der Waals surface area contributed by atoms with E-state index in [-0.39, 0.29) is 11.6 Å². The van der Waals surface area contributed by atoms with Crippen LogP contribution >= 0.6 is 0 Å². The highest BCUT2D eigenvalue weighted by atomic mass is 16.2. The van der Waals surface area contributed by atoms with Crippen LogP contribution in [0.15, 0.2) is 24.3 Å². The molecule has 0 atom stereocenters. The van der Waals surface area contributed by atoms with Crippen LogP contribution in [-0.4, -0.2) is 11.6 Å². The third kappa shape index (κ3) is 0.720. The van der Waals surface area contributed by atoms with Crippen LogP contribution in [0.5, 0.6) is 0 Å². The quantitative estimate of drug-likeness (QED) is 0.424. The zero-order chi connectivity index (χ0) is 8.72. The SMILES string of the molecule is [CH2+]C1C(=O)c2ccccc2C1=O. The van der Waals surface area contributed by atoms with Gasteiger partial charge in [0.2, 0.25) is 17.5 Å². The fraction of sp³-hybridized carbons (Fsp3) is 0.100. The van der Waals surface area contributed by atoms with Crippen molar-refractivity contribution in [2.24, 2.45) is 5.92 Å². The maximum atomic E-state index is 11.3. The smallest absolute Gasteiger partial charge is 0.220 e. The molecule has 0 aliphatic heterocycles. The summed E-state index contributed by atoms with van der Waals surface area (Å²) in [5.74, 6) is -1.03. The molecule has 1 aromatic carbocycles. The van der Waals surface area contributed by atoms with E-state index in [1.54, 1.807) is 24.3 Å². The van der Waals surface area contributed by atoms with Gasteiger partial charge in [-0.25, -0.2) is 0 Å². The van der Waals surface area contributed by atoms with E-state index in [1.165, 1.54) is 0 Å². The minimum absolute atomic E-state index is 0.157. The summed E-state index contributed by atoms with van der Waals surface area (Å²) in [6, 6.07) is 6.84. The molecule has 0 radical (unpaired) electrons. The largest absolute Gasteiger partial charge is 0.288 e. The summed E-state index contributed by atoms with van der Waals surface area (Å²) >= 11 is 0. The molecule has 0 heterocycles. The van der Waals surface area contributed by atoms with Gasteiger partial charge in [-0.3, -0.25) is 9.59 Å². The van der Waals surface area contributed by atoms with Gasteiger partial charge in [0.15, 0.2) is 0 Å². The fourth-order valence-electron chi connectivity index (χ4n) is 1.41. The van der Waals surface area contributed by atoms with E-state index in [2.05, 4.69) is 6.92 Å². The summed E-state index contributed by atoms with van der Waals surface area (Å²) < 4.78 is 0. The number of Topliss-reactive ketones (excluding diaryl/α,β-unsaturated/α-hetero) is 2. The minimum atomic E-state index is -0.720. The van der Waals surface area contributed by atoms with Gasteiger partial charge in [-0.1, -0.05) is 24.3 Å². The molecule has 0 saturated heterocycles. The van der Waals surface area contributed by atoms with Gasteiger partial charge in [-0.2, -0.15) is 0 Å². The lowest BCUT2D eigenvalue weighted by molar-refractivity contribution is 0.0869. The van der Waals surface area contributed by atoms with E-state index in [9.17, 15) is 9.59 Å². The Hall–Kier alpha value is -1.57. The van der Waals surface area contributed by atoms with Crippen molar-refractivity contribution in [3.63, 3.8) is 0 Å². The highest BCUT2D eigenvalue weighted by Crippen LogP contribution is 2.25. The Kier molecular flexibility index (Phi) is 1.30. The summed E-state index contributed by atoms with van der Waals surface area (Å²) in [5, 5.41) is 0. The first-order chi connectivity index (χ1) is 5.72. The molecule has 0 amide bonds. The summed E-state index contributed by atoms with van der Waals surface area (Å²) in [5.41, 5.74) is 1.03. The Morgan fingerprint density at radius 3 is 1.83 bits per heavy atom. The van der Waals surface area contributed by atoms with E-state index in [1.807, 2.05) is 0 Å². The number of ketones is 2. The number of hydrogen-bond donors (Lipinski definition) is 0. The van der Waals surface area contributed by atoms with Crippen LogP contribution in [0.4, 0.5) is 0 Å². The summed E-state index contributed by atoms with van der Waals surface area (Å²) in [6.45, 7) is 3.52. The zero-order valence-electron chi connectivity index (χ0n) is 6.41. The molecule has 0 fully saturated rings. The standard InChI is InChI=1S/C10H7O2/c1-6-9(11)7-4-2-3-5-8(7)10(6)12/h2-6H,1H2/q+1. The van der Waals surface area contributed by atoms with E-state index in [4.69, 9.17) is 0 Å². The lowest BCUT2D eigenvalue weighted by Crippen LogP contribution is -2.09. The molecule has 58 valence electrons. The molecule has 0 aromatic heterocycles. The number of fused-ring (bicyclic) bond motifs is 1. The maximum absolute atomic E-state index is 11.3. The number of rotatable bonds is 0. The number of benzene rings is 1. The first-order valence-corrected chi connectivity index (χ1v) is 3.72. The van der Waals surface area contributed by atoms with Crippen molar-refractivity contribution >= 4 is 11.6 Å². The van der Waals surface area contributed by atoms with Gasteiger partial charge in [0, 0.05) is 11.1 Å². The second-order valence-corrected chi connectivity index (χ2v) is 2.83. The maximum Gasteiger partial charge on any atom is 0.220 e. The Morgan fingerprint density at radius 2 is 1.42 bits per heavy atom. The van der Waals surface area contributed by atoms with Gasteiger partial charge >= 0.3 is 0 Å². The molecule has 2 nitrogen and oxygen atoms in total. The van der Waals surface area contributed by atoms with Crippen LogP contribution in [0.25, 0.3) is 0 Å². The first-order valence-electron chi connectivity index (χ1n) is 3.72. The van der Waals surface area contributed by atoms with Crippen molar-refractivity contribution < 1.29 is 9.59 Å². The van der Waals surface area contributed by atoms with Crippen molar-refractivity contribution in [3.05, 3.63) is 42.3 Å². The van der Waals surface area contributed by atoms with Gasteiger partial charge < -0.3 is 0 Å². The average Bonchev–Trinajstić information content (AvgIpc) is 2.33. The molecule has 0 N–H and O–H groups in total. The highest BCUT2D eigenvalue weighted by molar-refractivity contribution is 6.26. The van der Waals surface area contributed by atoms with Crippen molar-refractivity contribution in [3.8, 4) is 0 Å². The third-order valence-electron chi connectivity index (χ3n) is 2.09. The van der Waals surface area contributed by atoms with Crippen LogP contribution in [0.1, 0.15) is 20.7 Å². The summed E-state index contributed by atoms with van der Waals surface area (Å²) in [6.07, 6.45) is 0. The molecule has 12 heavy (non-hydrogen) atoms. The summed E-state index contributed by atoms with van der Waals surface area (Å²) in [4.78, 5) is 22.6. The Morgan fingerprint density at radius 1 is 1.00 bits per heavy atom. The summed E-state index contributed by atoms with van der Waals surface area (Å²) in [7, 11) is 0. The normalized spacial score (nSPS) is 16.7. The second-order valence-electron chi connectivity index (χ2n) is 2.83. The van der Waals surface area contributed by atoms with Crippen LogP contribution < -0.4 is 0 Å². The van der Waals surface area contributed by atoms with Crippen molar-refractivity contribution in [2.45, 2.75) is 0 Å². The minimum Gasteiger partial charge on any atom is -0.288 e. The van der Waals surface area contributed by atoms with Crippen LogP contribution in [0, 0.1) is 12.8 Å². The Labute approximate surface area is 70.2 Å². The second kappa shape index (κ2) is 2.21. The predicted molar refractivity (Wildman–Crippen MR) is 44.0 cm³/mol. The molecule has 0 unspecified atom stereocenters. The zero-order valence-corrected chi connectivity index (χ0v) is 6.41. The van der Waals surface area contributed by atoms with Crippen molar-refractivity contribution in [1.82, 2.24) is 0 Å². The lowest BCUT2D eigenvalue weighted by atomic mass is 10.1. The number of carbonyl (C=O) groups excluding carboxylic acids is 2. The van der Waals surface area contributed by atoms with Crippen LogP contribution in [-0.2, 0) is 0 Å². The van der Waals surface area contributed by atoms with Gasteiger partial charge in [0.05, 0.1) is 6.92 Å². The molecule has 0 spiro atoms. The van der Waals surface area contributed by atoms with E-state index >= 15 is 0 Å². The average molecular weight is 159 g/mol. The molecule has 1 aliphatic rings. The predicted octanol–water partition coefficient (Wildman–Crippen LogP) is 1.52. The van der Waals surface area contributed by atoms with Gasteiger partial charge in [0.1, 0.15) is 0 Å². The van der Waals surface area contributed by atoms with Gasteiger partial charge in [-0.05, 0) is 0 Å². The number of carbonyl (C=O) groups is 2. The lowest BCUT2D eigenvalue weighted by Gasteiger charge is -1.90. The van der Waals surface area contributed by atoms with E-state index in [0.29, 0.717) is 11.1 Å². The highest BCUT2D eigenvalue weighted by Gasteiger charge is 2.39. The molecular formula is C10H7O2+. The third-order valence-corrected chi connectivity index (χ3v) is 2.09. The van der Waals surface area contributed by atoms with Gasteiger partial charge in [-0.15, -0.1) is 0 Å². The van der Waals surface area contributed by atoms with Crippen LogP contribution in [0.3, 0.4) is 0 Å². The first kappa shape index (κ1) is 7.10. The van der Waals surface area contributed by atoms with Crippen molar-refractivity contribution in [1.29, 1.82) is 0 Å². The monoisotopic (exact) mass is 159 g/mol. The van der Waals surface area contributed by atoms with Crippen LogP contribution in [0.2, 0.25) is 0 Å². The Balaban J connectivity index is 2.67. The Bertz CT molecular complexity index is 331. The van der Waals surface area contributed by atoms with Gasteiger partial charge in [0.25, 0.3) is 0 Å². The number of hydrogen-bond acceptors (Lipinski definition) is 2. The molecule has 1 aliphatic carbocycles. The molecule has 0 saturated carbocycles. The van der Waals surface area contributed by atoms with E-state index < -0.39 is 5.92 Å². The topological polar surface area (TPSA) is 34.1 Å². The molecule has 2 rings (SSSR count). The molecule has 0 bridgehead atoms. The molecular weight excluding hydrogens is 152 g/mol. The van der Waals surface area contributed by atoms with E-state index in [0.717, 1.165) is 0 Å². The molecule has 1 aromatic rings.